The Morgan fingerprint density at radius 2 is 2.03 bits per heavy atom. The van der Waals surface area contributed by atoms with Crippen LogP contribution in [-0.2, 0) is 9.53 Å². The number of aromatic nitrogens is 1. The number of amides is 2. The summed E-state index contributed by atoms with van der Waals surface area (Å²) in [7, 11) is 0. The highest BCUT2D eigenvalue weighted by molar-refractivity contribution is 6.04. The number of benzene rings is 1. The number of pyridine rings is 1. The Bertz CT molecular complexity index is 1010. The number of nitrogens with zero attached hydrogens (tertiary/aromatic N) is 1. The third-order valence-electron chi connectivity index (χ3n) is 6.81. The molecule has 2 aliphatic heterocycles. The van der Waals surface area contributed by atoms with Crippen molar-refractivity contribution in [2.45, 2.75) is 68.8 Å². The van der Waals surface area contributed by atoms with E-state index in [1.807, 2.05) is 12.1 Å². The summed E-state index contributed by atoms with van der Waals surface area (Å²) < 4.78 is 12.2. The lowest BCUT2D eigenvalue weighted by molar-refractivity contribution is -0.142. The van der Waals surface area contributed by atoms with Gasteiger partial charge in [0.1, 0.15) is 18.0 Å². The Hall–Kier alpha value is -2.97. The number of hydrogen-bond donors (Lipinski definition) is 3. The number of hydrogen-bond acceptors (Lipinski definition) is 6. The third kappa shape index (κ3) is 4.72. The lowest BCUT2D eigenvalue weighted by atomic mass is 9.84. The number of fused-ring (bicyclic) bond motifs is 3. The lowest BCUT2D eigenvalue weighted by Gasteiger charge is -2.37. The Morgan fingerprint density at radius 1 is 1.18 bits per heavy atom. The summed E-state index contributed by atoms with van der Waals surface area (Å²) in [6, 6.07) is 9.25. The molecule has 2 amide bonds. The molecule has 0 bridgehead atoms. The minimum absolute atomic E-state index is 0.00124. The monoisotopic (exact) mass is 451 g/mol. The Labute approximate surface area is 192 Å². The van der Waals surface area contributed by atoms with Crippen molar-refractivity contribution in [3.8, 4) is 5.75 Å². The average molecular weight is 452 g/mol. The molecule has 174 valence electrons. The van der Waals surface area contributed by atoms with E-state index in [4.69, 9.17) is 9.47 Å². The number of rotatable bonds is 6. The highest BCUT2D eigenvalue weighted by Crippen LogP contribution is 2.47. The number of ether oxygens (including phenoxy) is 2. The summed E-state index contributed by atoms with van der Waals surface area (Å²) >= 11 is 0. The smallest absolute Gasteiger partial charge is 0.257 e. The van der Waals surface area contributed by atoms with Crippen LogP contribution in [0.15, 0.2) is 42.7 Å². The van der Waals surface area contributed by atoms with Gasteiger partial charge in [-0.2, -0.15) is 0 Å². The summed E-state index contributed by atoms with van der Waals surface area (Å²) in [5.41, 5.74) is 2.10. The molecule has 4 atom stereocenters. The fourth-order valence-corrected chi connectivity index (χ4v) is 5.23. The molecule has 1 aromatic heterocycles. The van der Waals surface area contributed by atoms with Gasteiger partial charge in [-0.05, 0) is 49.6 Å². The van der Waals surface area contributed by atoms with Crippen LogP contribution < -0.4 is 15.4 Å². The fourth-order valence-electron chi connectivity index (χ4n) is 5.23. The first kappa shape index (κ1) is 21.9. The highest BCUT2D eigenvalue weighted by atomic mass is 16.6. The molecule has 2 fully saturated rings. The number of nitrogens with one attached hydrogen (secondary N) is 2. The molecule has 0 radical (unpaired) electrons. The molecule has 3 aliphatic rings. The summed E-state index contributed by atoms with van der Waals surface area (Å²) in [4.78, 5) is 29.1. The zero-order valence-electron chi connectivity index (χ0n) is 18.4. The van der Waals surface area contributed by atoms with E-state index < -0.39 is 6.10 Å². The molecule has 0 unspecified atom stereocenters. The molecule has 3 N–H and O–H groups in total. The molecule has 5 rings (SSSR count). The van der Waals surface area contributed by atoms with E-state index >= 15 is 0 Å². The normalized spacial score (nSPS) is 26.2. The number of carbonyl (C=O) groups excluding carboxylic acids is 2. The van der Waals surface area contributed by atoms with Crippen LogP contribution in [0.1, 0.15) is 60.4 Å². The van der Waals surface area contributed by atoms with Crippen LogP contribution in [0.25, 0.3) is 0 Å². The molecule has 8 heteroatoms. The van der Waals surface area contributed by atoms with Gasteiger partial charge < -0.3 is 25.2 Å². The van der Waals surface area contributed by atoms with Gasteiger partial charge in [0.2, 0.25) is 5.91 Å². The van der Waals surface area contributed by atoms with Gasteiger partial charge in [-0.1, -0.05) is 12.8 Å². The van der Waals surface area contributed by atoms with Gasteiger partial charge in [0, 0.05) is 35.6 Å². The summed E-state index contributed by atoms with van der Waals surface area (Å²) in [5, 5.41) is 16.0. The van der Waals surface area contributed by atoms with Crippen LogP contribution in [0.5, 0.6) is 5.75 Å². The standard InChI is InChI=1S/C25H29N3O5/c29-14-22-24-20(11-18(32-22)12-23(30)27-16-5-1-2-6-16)19-10-17(7-8-21(19)33-24)28-25(31)15-4-3-9-26-13-15/h3-4,7-10,13,16,18,20,22,24,29H,1-2,5-6,11-12,14H2,(H,27,30)(H,28,31)/t18-,20-,22-,24+/m0/s1. The van der Waals surface area contributed by atoms with Crippen LogP contribution in [0.2, 0.25) is 0 Å². The van der Waals surface area contributed by atoms with Gasteiger partial charge in [0.05, 0.1) is 24.7 Å². The maximum Gasteiger partial charge on any atom is 0.257 e. The molecule has 8 nitrogen and oxygen atoms in total. The first-order chi connectivity index (χ1) is 16.1. The van der Waals surface area contributed by atoms with Crippen molar-refractivity contribution >= 4 is 17.5 Å². The topological polar surface area (TPSA) is 110 Å². The van der Waals surface area contributed by atoms with Gasteiger partial charge in [0.15, 0.2) is 0 Å². The maximum atomic E-state index is 12.6. The molecule has 0 spiro atoms. The van der Waals surface area contributed by atoms with Crippen molar-refractivity contribution in [1.82, 2.24) is 10.3 Å². The molecular formula is C25H29N3O5. The molecule has 1 saturated carbocycles. The van der Waals surface area contributed by atoms with Crippen LogP contribution in [0, 0.1) is 0 Å². The van der Waals surface area contributed by atoms with Gasteiger partial charge in [-0.25, -0.2) is 0 Å². The van der Waals surface area contributed by atoms with Crippen LogP contribution in [0.3, 0.4) is 0 Å². The van der Waals surface area contributed by atoms with E-state index in [2.05, 4.69) is 15.6 Å². The summed E-state index contributed by atoms with van der Waals surface area (Å²) in [6.45, 7) is -0.180. The molecule has 2 aromatic rings. The van der Waals surface area contributed by atoms with Gasteiger partial charge in [-0.3, -0.25) is 14.6 Å². The number of aliphatic hydroxyl groups excluding tert-OH is 1. The largest absolute Gasteiger partial charge is 0.487 e. The van der Waals surface area contributed by atoms with Crippen LogP contribution in [-0.4, -0.2) is 52.9 Å². The number of carbonyl (C=O) groups is 2. The van der Waals surface area contributed by atoms with Crippen molar-refractivity contribution in [3.05, 3.63) is 53.9 Å². The van der Waals surface area contributed by atoms with Crippen molar-refractivity contribution in [2.24, 2.45) is 0 Å². The highest BCUT2D eigenvalue weighted by Gasteiger charge is 2.46. The minimum Gasteiger partial charge on any atom is -0.487 e. The van der Waals surface area contributed by atoms with Gasteiger partial charge in [0.25, 0.3) is 5.91 Å². The number of aliphatic hydroxyl groups is 1. The zero-order chi connectivity index (χ0) is 22.8. The van der Waals surface area contributed by atoms with Crippen molar-refractivity contribution < 1.29 is 24.2 Å². The van der Waals surface area contributed by atoms with Crippen molar-refractivity contribution in [2.75, 3.05) is 11.9 Å². The van der Waals surface area contributed by atoms with Crippen LogP contribution >= 0.6 is 0 Å². The van der Waals surface area contributed by atoms with Crippen LogP contribution in [0.4, 0.5) is 5.69 Å². The predicted octanol–water partition coefficient (Wildman–Crippen LogP) is 2.78. The molecular weight excluding hydrogens is 422 g/mol. The second kappa shape index (κ2) is 9.49. The Morgan fingerprint density at radius 3 is 2.79 bits per heavy atom. The van der Waals surface area contributed by atoms with E-state index in [-0.39, 0.29) is 49.0 Å². The molecule has 3 heterocycles. The second-order valence-electron chi connectivity index (χ2n) is 9.11. The first-order valence-electron chi connectivity index (χ1n) is 11.7. The lowest BCUT2D eigenvalue weighted by Crippen LogP contribution is -2.47. The molecule has 1 aromatic carbocycles. The zero-order valence-corrected chi connectivity index (χ0v) is 18.4. The molecule has 1 saturated heterocycles. The Kier molecular flexibility index (Phi) is 6.28. The van der Waals surface area contributed by atoms with Gasteiger partial charge in [-0.15, -0.1) is 0 Å². The van der Waals surface area contributed by atoms with E-state index in [0.717, 1.165) is 37.0 Å². The quantitative estimate of drug-likeness (QED) is 0.623. The van der Waals surface area contributed by atoms with Gasteiger partial charge >= 0.3 is 0 Å². The Balaban J connectivity index is 1.29. The van der Waals surface area contributed by atoms with E-state index in [1.54, 1.807) is 24.4 Å². The third-order valence-corrected chi connectivity index (χ3v) is 6.81. The second-order valence-corrected chi connectivity index (χ2v) is 9.11. The van der Waals surface area contributed by atoms with E-state index in [1.165, 1.54) is 6.20 Å². The van der Waals surface area contributed by atoms with Crippen molar-refractivity contribution in [3.63, 3.8) is 0 Å². The molecule has 33 heavy (non-hydrogen) atoms. The summed E-state index contributed by atoms with van der Waals surface area (Å²) in [5.74, 6) is 0.465. The average Bonchev–Trinajstić information content (AvgIpc) is 3.46. The minimum atomic E-state index is -0.506. The van der Waals surface area contributed by atoms with E-state index in [9.17, 15) is 14.7 Å². The number of anilines is 1. The molecule has 1 aliphatic carbocycles. The summed E-state index contributed by atoms with van der Waals surface area (Å²) in [6.07, 6.45) is 7.31. The predicted molar refractivity (Wildman–Crippen MR) is 121 cm³/mol. The fraction of sp³-hybridized carbons (Fsp3) is 0.480. The first-order valence-corrected chi connectivity index (χ1v) is 11.7. The van der Waals surface area contributed by atoms with E-state index in [0.29, 0.717) is 17.7 Å². The van der Waals surface area contributed by atoms with Crippen molar-refractivity contribution in [1.29, 1.82) is 0 Å². The SMILES string of the molecule is O=C(C[C@@H]1C[C@H]2c3cc(NC(=O)c4cccnc4)ccc3O[C@H]2[C@H](CO)O1)NC1CCCC1. The maximum absolute atomic E-state index is 12.6.